The van der Waals surface area contributed by atoms with Gasteiger partial charge in [0.1, 0.15) is 4.88 Å². The first-order valence-electron chi connectivity index (χ1n) is 8.46. The summed E-state index contributed by atoms with van der Waals surface area (Å²) < 4.78 is 32.1. The Balaban J connectivity index is 1.82. The molecule has 0 saturated heterocycles. The van der Waals surface area contributed by atoms with Gasteiger partial charge in [0.15, 0.2) is 5.13 Å². The molecule has 30 heavy (non-hydrogen) atoms. The van der Waals surface area contributed by atoms with E-state index < -0.39 is 21.9 Å². The first-order valence-corrected chi connectivity index (χ1v) is 11.1. The third kappa shape index (κ3) is 4.78. The summed E-state index contributed by atoms with van der Waals surface area (Å²) in [7, 11) is -2.65. The number of carbonyl (C=O) groups excluding carboxylic acids is 2. The molecular formula is C19H16ClN3O5S2. The van der Waals surface area contributed by atoms with E-state index in [0.717, 1.165) is 11.3 Å². The number of para-hydroxylation sites is 1. The van der Waals surface area contributed by atoms with Gasteiger partial charge in [-0.25, -0.2) is 18.2 Å². The molecule has 0 bridgehead atoms. The Morgan fingerprint density at radius 2 is 1.77 bits per heavy atom. The molecule has 11 heteroatoms. The van der Waals surface area contributed by atoms with Crippen LogP contribution in [0.2, 0.25) is 5.02 Å². The molecule has 1 aromatic heterocycles. The van der Waals surface area contributed by atoms with Crippen molar-refractivity contribution in [2.45, 2.75) is 11.8 Å². The van der Waals surface area contributed by atoms with Gasteiger partial charge in [0.25, 0.3) is 15.9 Å². The highest BCUT2D eigenvalue weighted by Crippen LogP contribution is 2.27. The summed E-state index contributed by atoms with van der Waals surface area (Å²) >= 11 is 6.66. The second kappa shape index (κ2) is 8.82. The Morgan fingerprint density at radius 3 is 2.43 bits per heavy atom. The van der Waals surface area contributed by atoms with Crippen molar-refractivity contribution in [1.82, 2.24) is 4.98 Å². The molecule has 0 radical (unpaired) electrons. The van der Waals surface area contributed by atoms with E-state index >= 15 is 0 Å². The summed E-state index contributed by atoms with van der Waals surface area (Å²) in [6.45, 7) is 1.58. The number of nitrogens with zero attached hydrogens (tertiary/aromatic N) is 1. The van der Waals surface area contributed by atoms with Gasteiger partial charge in [-0.15, -0.1) is 0 Å². The quantitative estimate of drug-likeness (QED) is 0.533. The summed E-state index contributed by atoms with van der Waals surface area (Å²) in [5, 5.41) is 3.08. The Hall–Kier alpha value is -2.95. The molecule has 8 nitrogen and oxygen atoms in total. The molecule has 0 aliphatic carbocycles. The average Bonchev–Trinajstić information content (AvgIpc) is 3.07. The van der Waals surface area contributed by atoms with Crippen molar-refractivity contribution in [3.8, 4) is 0 Å². The molecule has 1 amide bonds. The minimum absolute atomic E-state index is 0.0118. The van der Waals surface area contributed by atoms with Crippen LogP contribution in [0, 0.1) is 6.92 Å². The van der Waals surface area contributed by atoms with Gasteiger partial charge in [-0.2, -0.15) is 0 Å². The first kappa shape index (κ1) is 21.8. The minimum atomic E-state index is -3.89. The van der Waals surface area contributed by atoms with Crippen LogP contribution in [0.15, 0.2) is 53.4 Å². The lowest BCUT2D eigenvalue weighted by Gasteiger charge is -2.08. The number of carbonyl (C=O) groups is 2. The smallest absolute Gasteiger partial charge is 0.339 e. The van der Waals surface area contributed by atoms with E-state index in [-0.39, 0.29) is 26.2 Å². The molecule has 0 aliphatic heterocycles. The van der Waals surface area contributed by atoms with Crippen molar-refractivity contribution in [2.24, 2.45) is 0 Å². The maximum Gasteiger partial charge on any atom is 0.339 e. The number of nitrogens with one attached hydrogen (secondary N) is 2. The number of anilines is 2. The lowest BCUT2D eigenvalue weighted by Crippen LogP contribution is -2.15. The van der Waals surface area contributed by atoms with Crippen LogP contribution in [0.1, 0.15) is 25.7 Å². The van der Waals surface area contributed by atoms with E-state index in [1.807, 2.05) is 0 Å². The van der Waals surface area contributed by atoms with Crippen LogP contribution in [0.3, 0.4) is 0 Å². The van der Waals surface area contributed by atoms with E-state index in [1.54, 1.807) is 25.1 Å². The number of halogens is 1. The largest absolute Gasteiger partial charge is 0.465 e. The highest BCUT2D eigenvalue weighted by Gasteiger charge is 2.21. The highest BCUT2D eigenvalue weighted by atomic mass is 35.5. The van der Waals surface area contributed by atoms with Crippen LogP contribution in [-0.4, -0.2) is 32.4 Å². The Labute approximate surface area is 181 Å². The Kier molecular flexibility index (Phi) is 6.40. The highest BCUT2D eigenvalue weighted by molar-refractivity contribution is 7.93. The summed E-state index contributed by atoms with van der Waals surface area (Å²) in [5.41, 5.74) is 0.798. The predicted molar refractivity (Wildman–Crippen MR) is 115 cm³/mol. The van der Waals surface area contributed by atoms with Crippen molar-refractivity contribution in [2.75, 3.05) is 17.1 Å². The van der Waals surface area contributed by atoms with Crippen LogP contribution >= 0.6 is 22.9 Å². The number of thiazole rings is 1. The van der Waals surface area contributed by atoms with E-state index in [9.17, 15) is 18.0 Å². The van der Waals surface area contributed by atoms with Crippen molar-refractivity contribution in [3.63, 3.8) is 0 Å². The molecule has 0 unspecified atom stereocenters. The monoisotopic (exact) mass is 465 g/mol. The maximum atomic E-state index is 12.7. The molecule has 3 rings (SSSR count). The number of rotatable bonds is 6. The summed E-state index contributed by atoms with van der Waals surface area (Å²) in [6, 6.07) is 12.0. The zero-order chi connectivity index (χ0) is 21.9. The van der Waals surface area contributed by atoms with Crippen LogP contribution < -0.4 is 10.0 Å². The number of hydrogen-bond acceptors (Lipinski definition) is 7. The topological polar surface area (TPSA) is 114 Å². The average molecular weight is 466 g/mol. The molecule has 0 fully saturated rings. The van der Waals surface area contributed by atoms with Crippen LogP contribution in [0.5, 0.6) is 0 Å². The predicted octanol–water partition coefficient (Wildman–Crippen LogP) is 3.94. The molecule has 3 aromatic rings. The fraction of sp³-hybridized carbons (Fsp3) is 0.105. The summed E-state index contributed by atoms with van der Waals surface area (Å²) in [6.07, 6.45) is 0. The molecule has 156 valence electrons. The number of esters is 1. The van der Waals surface area contributed by atoms with E-state index in [4.69, 9.17) is 16.3 Å². The van der Waals surface area contributed by atoms with E-state index in [1.165, 1.54) is 37.4 Å². The lowest BCUT2D eigenvalue weighted by atomic mass is 10.1. The minimum Gasteiger partial charge on any atom is -0.465 e. The van der Waals surface area contributed by atoms with Crippen LogP contribution in [0.25, 0.3) is 0 Å². The molecule has 0 saturated carbocycles. The number of amides is 1. The number of ether oxygens (including phenoxy) is 1. The van der Waals surface area contributed by atoms with Gasteiger partial charge < -0.3 is 10.1 Å². The van der Waals surface area contributed by atoms with E-state index in [2.05, 4.69) is 15.0 Å². The number of aryl methyl sites for hydroxylation is 1. The molecule has 2 aromatic carbocycles. The second-order valence-corrected chi connectivity index (χ2v) is 9.10. The second-order valence-electron chi connectivity index (χ2n) is 5.98. The summed E-state index contributed by atoms with van der Waals surface area (Å²) in [4.78, 5) is 28.9. The molecule has 0 spiro atoms. The van der Waals surface area contributed by atoms with Crippen molar-refractivity contribution >= 4 is 55.7 Å². The fourth-order valence-corrected chi connectivity index (χ4v) is 4.72. The number of benzene rings is 2. The third-order valence-corrected chi connectivity index (χ3v) is 6.74. The van der Waals surface area contributed by atoms with Gasteiger partial charge in [-0.1, -0.05) is 35.1 Å². The van der Waals surface area contributed by atoms with Gasteiger partial charge in [0, 0.05) is 5.02 Å². The summed E-state index contributed by atoms with van der Waals surface area (Å²) in [5.74, 6) is -1.12. The maximum absolute atomic E-state index is 12.7. The number of methoxy groups -OCH3 is 1. The van der Waals surface area contributed by atoms with Crippen molar-refractivity contribution in [3.05, 3.63) is 69.7 Å². The van der Waals surface area contributed by atoms with Gasteiger partial charge >= 0.3 is 5.97 Å². The molecule has 2 N–H and O–H groups in total. The molecule has 1 heterocycles. The van der Waals surface area contributed by atoms with Gasteiger partial charge in [0.05, 0.1) is 29.0 Å². The number of aromatic nitrogens is 1. The van der Waals surface area contributed by atoms with Crippen molar-refractivity contribution < 1.29 is 22.7 Å². The van der Waals surface area contributed by atoms with Gasteiger partial charge in [-0.05, 0) is 43.3 Å². The zero-order valence-electron chi connectivity index (χ0n) is 15.8. The lowest BCUT2D eigenvalue weighted by molar-refractivity contribution is 0.0602. The SMILES string of the molecule is COC(=O)c1ccccc1NC(=O)c1sc(NS(=O)(=O)c2ccc(Cl)cc2)nc1C. The number of hydrogen-bond donors (Lipinski definition) is 2. The molecule has 0 atom stereocenters. The van der Waals surface area contributed by atoms with Gasteiger partial charge in [0.2, 0.25) is 0 Å². The normalized spacial score (nSPS) is 11.0. The van der Waals surface area contributed by atoms with Crippen molar-refractivity contribution in [1.29, 1.82) is 0 Å². The van der Waals surface area contributed by atoms with Crippen LogP contribution in [0.4, 0.5) is 10.8 Å². The van der Waals surface area contributed by atoms with Crippen LogP contribution in [-0.2, 0) is 14.8 Å². The molecule has 0 aliphatic rings. The van der Waals surface area contributed by atoms with Gasteiger partial charge in [-0.3, -0.25) is 9.52 Å². The van der Waals surface area contributed by atoms with E-state index in [0.29, 0.717) is 10.7 Å². The Bertz CT molecular complexity index is 1210. The number of sulfonamides is 1. The first-order chi connectivity index (χ1) is 14.2. The standard InChI is InChI=1S/C19H16ClN3O5S2/c1-11-16(17(24)22-15-6-4-3-5-14(15)18(25)28-2)29-19(21-11)23-30(26,27)13-9-7-12(20)8-10-13/h3-10H,1-2H3,(H,21,23)(H,22,24). The Morgan fingerprint density at radius 1 is 1.10 bits per heavy atom. The molecular weight excluding hydrogens is 450 g/mol. The zero-order valence-corrected chi connectivity index (χ0v) is 18.2. The fourth-order valence-electron chi connectivity index (χ4n) is 2.50. The third-order valence-electron chi connectivity index (χ3n) is 3.93.